The summed E-state index contributed by atoms with van der Waals surface area (Å²) in [5.41, 5.74) is 6.36. The van der Waals surface area contributed by atoms with Crippen molar-refractivity contribution in [3.05, 3.63) is 24.3 Å². The molecule has 1 saturated heterocycles. The number of rotatable bonds is 5. The smallest absolute Gasteiger partial charge is 0.240 e. The van der Waals surface area contributed by atoms with Gasteiger partial charge in [-0.3, -0.25) is 19.8 Å². The third-order valence-electron chi connectivity index (χ3n) is 2.81. The van der Waals surface area contributed by atoms with Gasteiger partial charge >= 0.3 is 0 Å². The van der Waals surface area contributed by atoms with Crippen LogP contribution in [0, 0.1) is 0 Å². The summed E-state index contributed by atoms with van der Waals surface area (Å²) in [5, 5.41) is 2.27. The molecule has 1 aliphatic rings. The Hall–Kier alpha value is -2.08. The number of amides is 2. The first kappa shape index (κ1) is 13.4. The van der Waals surface area contributed by atoms with Crippen LogP contribution in [0.1, 0.15) is 6.42 Å². The topological polar surface area (TPSA) is 84.7 Å². The van der Waals surface area contributed by atoms with Crippen molar-refractivity contribution >= 4 is 17.5 Å². The standard InChI is InChI=1S/C13H17N3O3/c14-10-4-1-2-5-11(10)19-7-3-6-16-8-12(17)15-13(18)9-16/h1-2,4-5H,3,6-9,14H2,(H,15,17,18). The van der Waals surface area contributed by atoms with Gasteiger partial charge in [-0.15, -0.1) is 0 Å². The van der Waals surface area contributed by atoms with Crippen molar-refractivity contribution in [3.8, 4) is 5.75 Å². The fraction of sp³-hybridized carbons (Fsp3) is 0.385. The van der Waals surface area contributed by atoms with Gasteiger partial charge in [0.2, 0.25) is 11.8 Å². The van der Waals surface area contributed by atoms with E-state index in [1.807, 2.05) is 18.2 Å². The largest absolute Gasteiger partial charge is 0.491 e. The summed E-state index contributed by atoms with van der Waals surface area (Å²) in [6.45, 7) is 1.67. The third-order valence-corrected chi connectivity index (χ3v) is 2.81. The van der Waals surface area contributed by atoms with E-state index in [4.69, 9.17) is 10.5 Å². The molecule has 3 N–H and O–H groups in total. The Kier molecular flexibility index (Phi) is 4.35. The van der Waals surface area contributed by atoms with Crippen molar-refractivity contribution in [1.82, 2.24) is 10.2 Å². The van der Waals surface area contributed by atoms with Crippen molar-refractivity contribution < 1.29 is 14.3 Å². The highest BCUT2D eigenvalue weighted by Crippen LogP contribution is 2.19. The van der Waals surface area contributed by atoms with Crippen molar-refractivity contribution in [2.45, 2.75) is 6.42 Å². The zero-order chi connectivity index (χ0) is 13.7. The molecule has 0 unspecified atom stereocenters. The number of nitrogens with zero attached hydrogens (tertiary/aromatic N) is 1. The van der Waals surface area contributed by atoms with Gasteiger partial charge < -0.3 is 10.5 Å². The molecule has 0 atom stereocenters. The fourth-order valence-electron chi connectivity index (χ4n) is 1.94. The number of imide groups is 1. The minimum Gasteiger partial charge on any atom is -0.491 e. The van der Waals surface area contributed by atoms with Crippen LogP contribution in [0.5, 0.6) is 5.75 Å². The van der Waals surface area contributed by atoms with Gasteiger partial charge in [0.05, 0.1) is 25.4 Å². The molecule has 6 nitrogen and oxygen atoms in total. The molecule has 1 aromatic rings. The number of anilines is 1. The number of carbonyl (C=O) groups excluding carboxylic acids is 2. The Balaban J connectivity index is 1.71. The average Bonchev–Trinajstić information content (AvgIpc) is 2.35. The molecule has 1 aliphatic heterocycles. The summed E-state index contributed by atoms with van der Waals surface area (Å²) in [6.07, 6.45) is 0.731. The molecule has 2 rings (SSSR count). The number of ether oxygens (including phenoxy) is 1. The van der Waals surface area contributed by atoms with Crippen LogP contribution in [-0.2, 0) is 9.59 Å². The monoisotopic (exact) mass is 263 g/mol. The van der Waals surface area contributed by atoms with Crippen LogP contribution in [0.4, 0.5) is 5.69 Å². The van der Waals surface area contributed by atoms with Gasteiger partial charge in [-0.1, -0.05) is 12.1 Å². The number of nitrogens with one attached hydrogen (secondary N) is 1. The van der Waals surface area contributed by atoms with Gasteiger partial charge in [0.1, 0.15) is 5.75 Å². The number of nitrogen functional groups attached to an aromatic ring is 1. The minimum atomic E-state index is -0.246. The van der Waals surface area contributed by atoms with Crippen LogP contribution < -0.4 is 15.8 Å². The third kappa shape index (κ3) is 3.96. The molecule has 0 aliphatic carbocycles. The molecule has 102 valence electrons. The van der Waals surface area contributed by atoms with Crippen molar-refractivity contribution in [2.75, 3.05) is 32.0 Å². The van der Waals surface area contributed by atoms with Crippen molar-refractivity contribution in [3.63, 3.8) is 0 Å². The highest BCUT2D eigenvalue weighted by atomic mass is 16.5. The lowest BCUT2D eigenvalue weighted by Gasteiger charge is -2.24. The normalized spacial score (nSPS) is 16.2. The van der Waals surface area contributed by atoms with Crippen molar-refractivity contribution in [1.29, 1.82) is 0 Å². The second-order valence-electron chi connectivity index (χ2n) is 4.42. The maximum absolute atomic E-state index is 11.2. The lowest BCUT2D eigenvalue weighted by atomic mass is 10.3. The first-order valence-corrected chi connectivity index (χ1v) is 6.17. The lowest BCUT2D eigenvalue weighted by molar-refractivity contribution is -0.136. The fourth-order valence-corrected chi connectivity index (χ4v) is 1.94. The number of hydrogen-bond acceptors (Lipinski definition) is 5. The van der Waals surface area contributed by atoms with Gasteiger partial charge in [0.25, 0.3) is 0 Å². The summed E-state index contributed by atoms with van der Waals surface area (Å²) in [7, 11) is 0. The molecule has 19 heavy (non-hydrogen) atoms. The summed E-state index contributed by atoms with van der Waals surface area (Å²) >= 11 is 0. The molecule has 6 heteroatoms. The quantitative estimate of drug-likeness (QED) is 0.443. The summed E-state index contributed by atoms with van der Waals surface area (Å²) in [6, 6.07) is 7.30. The van der Waals surface area contributed by atoms with E-state index in [0.29, 0.717) is 24.6 Å². The van der Waals surface area contributed by atoms with Gasteiger partial charge in [-0.2, -0.15) is 0 Å². The van der Waals surface area contributed by atoms with E-state index in [1.165, 1.54) is 0 Å². The highest BCUT2D eigenvalue weighted by molar-refractivity contribution is 5.99. The Morgan fingerprint density at radius 2 is 1.89 bits per heavy atom. The molecule has 0 saturated carbocycles. The average molecular weight is 263 g/mol. The van der Waals surface area contributed by atoms with Crippen LogP contribution in [-0.4, -0.2) is 43.0 Å². The van der Waals surface area contributed by atoms with Crippen LogP contribution in [0.25, 0.3) is 0 Å². The molecule has 1 aromatic carbocycles. The van der Waals surface area contributed by atoms with Crippen LogP contribution in [0.3, 0.4) is 0 Å². The van der Waals surface area contributed by atoms with E-state index < -0.39 is 0 Å². The van der Waals surface area contributed by atoms with Gasteiger partial charge in [0.15, 0.2) is 0 Å². The minimum absolute atomic E-state index is 0.246. The van der Waals surface area contributed by atoms with E-state index >= 15 is 0 Å². The molecular weight excluding hydrogens is 246 g/mol. The Bertz CT molecular complexity index is 460. The maximum Gasteiger partial charge on any atom is 0.240 e. The van der Waals surface area contributed by atoms with E-state index in [9.17, 15) is 9.59 Å². The molecule has 0 bridgehead atoms. The zero-order valence-corrected chi connectivity index (χ0v) is 10.6. The van der Waals surface area contributed by atoms with Crippen LogP contribution in [0.2, 0.25) is 0 Å². The SMILES string of the molecule is Nc1ccccc1OCCCN1CC(=O)NC(=O)C1. The highest BCUT2D eigenvalue weighted by Gasteiger charge is 2.21. The molecule has 0 aromatic heterocycles. The molecule has 0 spiro atoms. The first-order valence-electron chi connectivity index (χ1n) is 6.17. The van der Waals surface area contributed by atoms with Gasteiger partial charge in [-0.05, 0) is 18.6 Å². The summed E-state index contributed by atoms with van der Waals surface area (Å²) < 4.78 is 5.54. The maximum atomic E-state index is 11.2. The van der Waals surface area contributed by atoms with Crippen LogP contribution >= 0.6 is 0 Å². The number of hydrogen-bond donors (Lipinski definition) is 2. The van der Waals surface area contributed by atoms with E-state index in [-0.39, 0.29) is 24.9 Å². The first-order chi connectivity index (χ1) is 9.15. The molecular formula is C13H17N3O3. The Labute approximate surface area is 111 Å². The molecule has 2 amide bonds. The second kappa shape index (κ2) is 6.19. The number of carbonyl (C=O) groups is 2. The summed E-state index contributed by atoms with van der Waals surface area (Å²) in [4.78, 5) is 24.1. The van der Waals surface area contributed by atoms with E-state index in [2.05, 4.69) is 5.32 Å². The number of nitrogens with two attached hydrogens (primary N) is 1. The van der Waals surface area contributed by atoms with Crippen molar-refractivity contribution in [2.24, 2.45) is 0 Å². The second-order valence-corrected chi connectivity index (χ2v) is 4.42. The number of piperazine rings is 1. The van der Waals surface area contributed by atoms with Gasteiger partial charge in [-0.25, -0.2) is 0 Å². The number of benzene rings is 1. The van der Waals surface area contributed by atoms with E-state index in [1.54, 1.807) is 11.0 Å². The molecule has 0 radical (unpaired) electrons. The van der Waals surface area contributed by atoms with E-state index in [0.717, 1.165) is 6.42 Å². The van der Waals surface area contributed by atoms with Crippen LogP contribution in [0.15, 0.2) is 24.3 Å². The lowest BCUT2D eigenvalue weighted by Crippen LogP contribution is -2.51. The molecule has 1 heterocycles. The van der Waals surface area contributed by atoms with Gasteiger partial charge in [0, 0.05) is 6.54 Å². The number of para-hydroxylation sites is 2. The zero-order valence-electron chi connectivity index (χ0n) is 10.6. The predicted molar refractivity (Wildman–Crippen MR) is 70.6 cm³/mol. The molecule has 1 fully saturated rings. The summed E-state index contributed by atoms with van der Waals surface area (Å²) in [5.74, 6) is 0.170. The Morgan fingerprint density at radius 3 is 2.58 bits per heavy atom. The Morgan fingerprint density at radius 1 is 1.21 bits per heavy atom. The predicted octanol–water partition coefficient (Wildman–Crippen LogP) is -0.00390.